The Morgan fingerprint density at radius 1 is 0.816 bits per heavy atom. The number of rotatable bonds is 14. The van der Waals surface area contributed by atoms with Crippen LogP contribution in [0, 0.1) is 46.3 Å². The summed E-state index contributed by atoms with van der Waals surface area (Å²) in [5.41, 5.74) is 17.8. The van der Waals surface area contributed by atoms with Gasteiger partial charge in [0.05, 0.1) is 18.3 Å². The van der Waals surface area contributed by atoms with Crippen molar-refractivity contribution >= 4 is 0 Å². The molecule has 0 radical (unpaired) electrons. The third-order valence-electron chi connectivity index (χ3n) is 11.8. The van der Waals surface area contributed by atoms with Crippen LogP contribution in [-0.2, 0) is 14.2 Å². The third-order valence-corrected chi connectivity index (χ3v) is 11.8. The van der Waals surface area contributed by atoms with Crippen molar-refractivity contribution in [3.8, 4) is 0 Å². The third kappa shape index (κ3) is 5.86. The van der Waals surface area contributed by atoms with Crippen LogP contribution in [0.15, 0.2) is 0 Å². The Hall–Kier alpha value is -0.280. The minimum absolute atomic E-state index is 0.0547. The van der Waals surface area contributed by atoms with Crippen molar-refractivity contribution in [1.29, 1.82) is 0 Å². The van der Waals surface area contributed by atoms with E-state index >= 15 is 0 Å². The van der Waals surface area contributed by atoms with Crippen molar-refractivity contribution in [1.82, 2.24) is 0 Å². The van der Waals surface area contributed by atoms with Gasteiger partial charge in [0.1, 0.15) is 0 Å². The second kappa shape index (κ2) is 13.6. The molecule has 0 saturated heterocycles. The number of hydrogen-bond acceptors (Lipinski definition) is 7. The summed E-state index contributed by atoms with van der Waals surface area (Å²) in [4.78, 5) is 0. The van der Waals surface area contributed by atoms with Crippen LogP contribution >= 0.6 is 0 Å². The van der Waals surface area contributed by atoms with Gasteiger partial charge in [-0.1, -0.05) is 20.8 Å². The van der Waals surface area contributed by atoms with E-state index in [2.05, 4.69) is 20.8 Å². The minimum atomic E-state index is 0.0547. The van der Waals surface area contributed by atoms with E-state index in [0.717, 1.165) is 64.8 Å². The monoisotopic (exact) mass is 537 g/mol. The van der Waals surface area contributed by atoms with Gasteiger partial charge < -0.3 is 36.5 Å². The van der Waals surface area contributed by atoms with Crippen molar-refractivity contribution in [2.75, 3.05) is 46.1 Å². The number of nitrogens with two attached hydrogens (primary N) is 3. The molecule has 0 amide bonds. The molecule has 11 unspecified atom stereocenters. The molecule has 4 aliphatic carbocycles. The topological polar surface area (TPSA) is 126 Å². The van der Waals surface area contributed by atoms with E-state index < -0.39 is 0 Å². The molecule has 7 nitrogen and oxygen atoms in total. The Bertz CT molecular complexity index is 727. The number of aliphatic hydroxyl groups is 1. The Kier molecular flexibility index (Phi) is 11.0. The van der Waals surface area contributed by atoms with E-state index in [-0.39, 0.29) is 35.6 Å². The molecule has 4 aliphatic rings. The zero-order valence-corrected chi connectivity index (χ0v) is 24.6. The van der Waals surface area contributed by atoms with Crippen LogP contribution in [0.5, 0.6) is 0 Å². The molecule has 4 fully saturated rings. The summed E-state index contributed by atoms with van der Waals surface area (Å²) in [5.74, 6) is 3.04. The van der Waals surface area contributed by atoms with E-state index in [1.807, 2.05) is 0 Å². The van der Waals surface area contributed by atoms with Crippen molar-refractivity contribution in [2.24, 2.45) is 63.5 Å². The van der Waals surface area contributed by atoms with Crippen molar-refractivity contribution in [2.45, 2.75) is 103 Å². The van der Waals surface area contributed by atoms with Crippen LogP contribution in [0.25, 0.3) is 0 Å². The molecule has 38 heavy (non-hydrogen) atoms. The van der Waals surface area contributed by atoms with Gasteiger partial charge in [-0.3, -0.25) is 0 Å². The fourth-order valence-corrected chi connectivity index (χ4v) is 9.72. The normalized spacial score (nSPS) is 43.3. The molecule has 7 N–H and O–H groups in total. The highest BCUT2D eigenvalue weighted by molar-refractivity contribution is 5.15. The van der Waals surface area contributed by atoms with Crippen molar-refractivity contribution < 1.29 is 19.3 Å². The molecule has 4 rings (SSSR count). The highest BCUT2D eigenvalue weighted by Gasteiger charge is 2.66. The lowest BCUT2D eigenvalue weighted by Crippen LogP contribution is -2.63. The maximum absolute atomic E-state index is 10.2. The molecule has 0 aliphatic heterocycles. The SMILES string of the molecule is CC(CO)C1CCC2C3C(OCCCN)CC4CC(OCCCN)CCC4(C)C3CC(OCCCN)C12C. The summed E-state index contributed by atoms with van der Waals surface area (Å²) < 4.78 is 19.9. The Morgan fingerprint density at radius 3 is 2.13 bits per heavy atom. The summed E-state index contributed by atoms with van der Waals surface area (Å²) in [6.45, 7) is 11.9. The molecule has 0 heterocycles. The first kappa shape index (κ1) is 30.7. The number of ether oxygens (including phenoxy) is 3. The number of fused-ring (bicyclic) bond motifs is 5. The lowest BCUT2D eigenvalue weighted by Gasteiger charge is -2.64. The molecule has 0 spiro atoms. The van der Waals surface area contributed by atoms with Gasteiger partial charge in [-0.25, -0.2) is 0 Å². The van der Waals surface area contributed by atoms with E-state index in [4.69, 9.17) is 31.4 Å². The van der Waals surface area contributed by atoms with Crippen LogP contribution in [0.3, 0.4) is 0 Å². The van der Waals surface area contributed by atoms with Gasteiger partial charge >= 0.3 is 0 Å². The summed E-state index contributed by atoms with van der Waals surface area (Å²) >= 11 is 0. The van der Waals surface area contributed by atoms with Crippen LogP contribution in [0.1, 0.15) is 85.0 Å². The maximum atomic E-state index is 10.2. The molecule has 222 valence electrons. The molecule has 0 aromatic rings. The second-order valence-electron chi connectivity index (χ2n) is 13.6. The van der Waals surface area contributed by atoms with E-state index in [0.29, 0.717) is 55.3 Å². The molecule has 0 bridgehead atoms. The lowest BCUT2D eigenvalue weighted by atomic mass is 9.43. The highest BCUT2D eigenvalue weighted by Crippen LogP contribution is 2.69. The Balaban J connectivity index is 1.64. The standard InChI is InChI=1S/C31H59N3O4/c1-21(20-35)24-7-8-25-29-26(19-28(31(24,25)3)38-16-6-13-34)30(2)10-9-23(36-14-4-11-32)17-22(30)18-27(29)37-15-5-12-33/h21-29,35H,4-20,32-34H2,1-3H3. The fraction of sp³-hybridized carbons (Fsp3) is 1.00. The summed E-state index contributed by atoms with van der Waals surface area (Å²) in [7, 11) is 0. The van der Waals surface area contributed by atoms with Gasteiger partial charge in [0, 0.05) is 31.8 Å². The molecule has 0 aromatic heterocycles. The van der Waals surface area contributed by atoms with E-state index in [1.54, 1.807) is 0 Å². The van der Waals surface area contributed by atoms with E-state index in [1.165, 1.54) is 19.3 Å². The van der Waals surface area contributed by atoms with Crippen LogP contribution in [0.2, 0.25) is 0 Å². The quantitative estimate of drug-likeness (QED) is 0.249. The van der Waals surface area contributed by atoms with Crippen LogP contribution < -0.4 is 17.2 Å². The highest BCUT2D eigenvalue weighted by atomic mass is 16.5. The molecule has 0 aromatic carbocycles. The van der Waals surface area contributed by atoms with Crippen molar-refractivity contribution in [3.63, 3.8) is 0 Å². The lowest BCUT2D eigenvalue weighted by molar-refractivity contribution is -0.228. The Morgan fingerprint density at radius 2 is 1.47 bits per heavy atom. The molecular weight excluding hydrogens is 478 g/mol. The molecule has 11 atom stereocenters. The smallest absolute Gasteiger partial charge is 0.0637 e. The number of aliphatic hydroxyl groups excluding tert-OH is 1. The van der Waals surface area contributed by atoms with Crippen LogP contribution in [0.4, 0.5) is 0 Å². The van der Waals surface area contributed by atoms with Crippen LogP contribution in [-0.4, -0.2) is 69.5 Å². The summed E-state index contributed by atoms with van der Waals surface area (Å²) in [6, 6.07) is 0. The van der Waals surface area contributed by atoms with Gasteiger partial charge in [-0.05, 0) is 125 Å². The predicted octanol–water partition coefficient (Wildman–Crippen LogP) is 3.70. The zero-order chi connectivity index (χ0) is 27.3. The average Bonchev–Trinajstić information content (AvgIpc) is 3.27. The zero-order valence-electron chi connectivity index (χ0n) is 24.6. The molecular formula is C31H59N3O4. The fourth-order valence-electron chi connectivity index (χ4n) is 9.72. The first-order valence-corrected chi connectivity index (χ1v) is 15.9. The summed E-state index contributed by atoms with van der Waals surface area (Å²) in [6.07, 6.45) is 11.7. The predicted molar refractivity (Wildman–Crippen MR) is 152 cm³/mol. The van der Waals surface area contributed by atoms with E-state index in [9.17, 15) is 5.11 Å². The van der Waals surface area contributed by atoms with Gasteiger partial charge in [-0.2, -0.15) is 0 Å². The molecule has 4 saturated carbocycles. The number of hydrogen-bond donors (Lipinski definition) is 4. The molecule has 7 heteroatoms. The second-order valence-corrected chi connectivity index (χ2v) is 13.6. The maximum Gasteiger partial charge on any atom is 0.0637 e. The van der Waals surface area contributed by atoms with Gasteiger partial charge in [0.15, 0.2) is 0 Å². The first-order valence-electron chi connectivity index (χ1n) is 15.9. The average molecular weight is 538 g/mol. The van der Waals surface area contributed by atoms with Crippen molar-refractivity contribution in [3.05, 3.63) is 0 Å². The minimum Gasteiger partial charge on any atom is -0.396 e. The van der Waals surface area contributed by atoms with Gasteiger partial charge in [0.25, 0.3) is 0 Å². The first-order chi connectivity index (χ1) is 18.3. The largest absolute Gasteiger partial charge is 0.396 e. The summed E-state index contributed by atoms with van der Waals surface area (Å²) in [5, 5.41) is 10.2. The Labute approximate surface area is 232 Å². The van der Waals surface area contributed by atoms with Gasteiger partial charge in [-0.15, -0.1) is 0 Å². The van der Waals surface area contributed by atoms with Gasteiger partial charge in [0.2, 0.25) is 0 Å².